The van der Waals surface area contributed by atoms with Gasteiger partial charge in [-0.3, -0.25) is 32.5 Å². The maximum Gasteiger partial charge on any atom is 0.472 e. The third-order valence-electron chi connectivity index (χ3n) is 16.9. The second-order valence-corrected chi connectivity index (χ2v) is 30.0. The summed E-state index contributed by atoms with van der Waals surface area (Å²) >= 11 is 0. The highest BCUT2D eigenvalue weighted by Crippen LogP contribution is 2.45. The topological polar surface area (TPSA) is 231 Å². The largest absolute Gasteiger partial charge is 0.472 e. The van der Waals surface area contributed by atoms with Crippen molar-refractivity contribution in [3.8, 4) is 0 Å². The molecule has 0 aliphatic carbocycles. The van der Waals surface area contributed by atoms with Gasteiger partial charge in [0.15, 0.2) is 6.10 Å². The van der Waals surface area contributed by atoms with Crippen LogP contribution in [0, 0.1) is 0 Å². The van der Waals surface area contributed by atoms with Crippen molar-refractivity contribution in [2.75, 3.05) is 39.6 Å². The zero-order valence-electron chi connectivity index (χ0n) is 66.7. The van der Waals surface area contributed by atoms with Gasteiger partial charge in [0.1, 0.15) is 25.4 Å². The molecule has 0 aliphatic rings. The van der Waals surface area contributed by atoms with E-state index >= 15 is 0 Å². The molecule has 107 heavy (non-hydrogen) atoms. The lowest BCUT2D eigenvalue weighted by Gasteiger charge is -2.21. The van der Waals surface area contributed by atoms with E-state index in [0.717, 1.165) is 148 Å². The van der Waals surface area contributed by atoms with Crippen LogP contribution < -0.4 is 0 Å². The van der Waals surface area contributed by atoms with Gasteiger partial charge in [0, 0.05) is 19.3 Å². The van der Waals surface area contributed by atoms with E-state index in [0.29, 0.717) is 25.7 Å². The molecule has 0 amide bonds. The Balaban J connectivity index is 4.48. The van der Waals surface area contributed by atoms with E-state index in [1.54, 1.807) is 0 Å². The molecule has 0 aromatic rings. The number of phosphoric acid groups is 2. The van der Waals surface area contributed by atoms with Crippen LogP contribution in [0.3, 0.4) is 0 Å². The smallest absolute Gasteiger partial charge is 0.463 e. The quantitative estimate of drug-likeness (QED) is 0.0146. The van der Waals surface area contributed by atoms with Crippen molar-refractivity contribution in [1.82, 2.24) is 0 Å². The van der Waals surface area contributed by atoms with Crippen LogP contribution in [0.2, 0.25) is 0 Å². The molecule has 610 valence electrons. The number of ether oxygens (including phenoxy) is 3. The minimum atomic E-state index is -4.96. The van der Waals surface area contributed by atoms with Crippen LogP contribution in [0.5, 0.6) is 0 Å². The predicted molar refractivity (Wildman–Crippen MR) is 445 cm³/mol. The van der Waals surface area contributed by atoms with Gasteiger partial charge in [-0.15, -0.1) is 0 Å². The molecule has 0 aromatic heterocycles. The van der Waals surface area contributed by atoms with Crippen molar-refractivity contribution in [2.24, 2.45) is 0 Å². The number of phosphoric ester groups is 2. The van der Waals surface area contributed by atoms with Crippen LogP contribution in [0.4, 0.5) is 0 Å². The zero-order chi connectivity index (χ0) is 78.0. The van der Waals surface area contributed by atoms with Crippen LogP contribution in [-0.4, -0.2) is 95.9 Å². The molecule has 5 atom stereocenters. The summed E-state index contributed by atoms with van der Waals surface area (Å²) in [5.41, 5.74) is 0. The first-order chi connectivity index (χ1) is 52.2. The van der Waals surface area contributed by atoms with E-state index in [1.165, 1.54) is 103 Å². The molecule has 16 nitrogen and oxygen atoms in total. The Kier molecular flexibility index (Phi) is 76.6. The first kappa shape index (κ1) is 102. The van der Waals surface area contributed by atoms with Crippen molar-refractivity contribution in [2.45, 2.75) is 334 Å². The van der Waals surface area contributed by atoms with Crippen molar-refractivity contribution in [1.29, 1.82) is 0 Å². The lowest BCUT2D eigenvalue weighted by molar-refractivity contribution is -0.161. The van der Waals surface area contributed by atoms with Crippen molar-refractivity contribution in [3.63, 3.8) is 0 Å². The standard InChI is InChI=1S/C89H148O16P2/c1-4-7-10-13-16-19-22-25-28-31-33-34-35-36-37-38-39-40-41-42-43-44-45-46-47-48-50-53-54-57-60-63-66-69-72-75-87(92)99-78-84(90)79-101-106(95,96)102-80-85(91)81-103-107(97,98)104-83-86(105-89(94)77-74-71-68-65-62-59-56-51-30-27-24-21-18-15-12-9-6-3)82-100-88(93)76-73-70-67-64-61-58-55-52-49-32-29-26-23-20-17-14-11-8-5-2/h7-12,16-21,25-30,33-34,36-37,49,52,58,61,67,70,84-86,90-91H,4-6,13-15,22-24,31-32,35,38-48,50-51,53-57,59-60,62-66,68-69,71-83H2,1-3H3,(H,95,96)(H,97,98)/b10-7-,11-8-,12-9-,19-16-,20-17-,21-18-,28-25-,29-26-,30-27-,34-33-,37-36-,52-49-,61-58-,70-67-. The van der Waals surface area contributed by atoms with Crippen LogP contribution in [0.15, 0.2) is 170 Å². The van der Waals surface area contributed by atoms with Crippen LogP contribution in [0.25, 0.3) is 0 Å². The first-order valence-corrected chi connectivity index (χ1v) is 44.4. The minimum Gasteiger partial charge on any atom is -0.463 e. The molecule has 0 radical (unpaired) electrons. The maximum absolute atomic E-state index is 13.0. The second-order valence-electron chi connectivity index (χ2n) is 27.1. The first-order valence-electron chi connectivity index (χ1n) is 41.4. The normalized spacial score (nSPS) is 14.8. The van der Waals surface area contributed by atoms with Gasteiger partial charge < -0.3 is 34.2 Å². The highest BCUT2D eigenvalue weighted by Gasteiger charge is 2.29. The Bertz CT molecular complexity index is 2620. The van der Waals surface area contributed by atoms with Gasteiger partial charge in [-0.2, -0.15) is 0 Å². The number of aliphatic hydroxyl groups is 2. The third-order valence-corrected chi connectivity index (χ3v) is 18.8. The second kappa shape index (κ2) is 80.4. The highest BCUT2D eigenvalue weighted by molar-refractivity contribution is 7.47. The van der Waals surface area contributed by atoms with E-state index in [2.05, 4.69) is 173 Å². The number of unbranched alkanes of at least 4 members (excludes halogenated alkanes) is 26. The summed E-state index contributed by atoms with van der Waals surface area (Å²) in [6.45, 7) is 2.25. The predicted octanol–water partition coefficient (Wildman–Crippen LogP) is 24.8. The Morgan fingerprint density at radius 1 is 0.262 bits per heavy atom. The number of hydrogen-bond donors (Lipinski definition) is 4. The van der Waals surface area contributed by atoms with Crippen LogP contribution in [0.1, 0.15) is 316 Å². The van der Waals surface area contributed by atoms with Gasteiger partial charge in [0.25, 0.3) is 0 Å². The lowest BCUT2D eigenvalue weighted by atomic mass is 10.0. The average Bonchev–Trinajstić information content (AvgIpc) is 0.923. The fraction of sp³-hybridized carbons (Fsp3) is 0.652. The van der Waals surface area contributed by atoms with Gasteiger partial charge in [-0.25, -0.2) is 9.13 Å². The fourth-order valence-corrected chi connectivity index (χ4v) is 12.3. The Labute approximate surface area is 650 Å². The molecule has 0 aliphatic heterocycles. The third kappa shape index (κ3) is 81.7. The Hall–Kier alpha value is -5.09. The van der Waals surface area contributed by atoms with Gasteiger partial charge in [-0.1, -0.05) is 332 Å². The molecule has 0 saturated carbocycles. The van der Waals surface area contributed by atoms with E-state index in [1.807, 2.05) is 18.2 Å². The number of allylic oxidation sites excluding steroid dienone is 28. The zero-order valence-corrected chi connectivity index (χ0v) is 68.5. The molecular formula is C89H148O16P2. The molecule has 0 heterocycles. The molecule has 0 saturated heterocycles. The summed E-state index contributed by atoms with van der Waals surface area (Å²) in [6.07, 6.45) is 103. The molecule has 0 aromatic carbocycles. The molecule has 18 heteroatoms. The summed E-state index contributed by atoms with van der Waals surface area (Å²) in [4.78, 5) is 58.7. The summed E-state index contributed by atoms with van der Waals surface area (Å²) in [6, 6.07) is 0. The molecule has 0 spiro atoms. The molecule has 0 bridgehead atoms. The van der Waals surface area contributed by atoms with Gasteiger partial charge in [0.05, 0.1) is 26.4 Å². The molecule has 5 unspecified atom stereocenters. The van der Waals surface area contributed by atoms with Gasteiger partial charge in [-0.05, 0) is 135 Å². The number of esters is 3. The average molecular weight is 1540 g/mol. The Morgan fingerprint density at radius 3 is 0.794 bits per heavy atom. The highest BCUT2D eigenvalue weighted by atomic mass is 31.2. The van der Waals surface area contributed by atoms with Gasteiger partial charge >= 0.3 is 33.6 Å². The van der Waals surface area contributed by atoms with Gasteiger partial charge in [0.2, 0.25) is 0 Å². The van der Waals surface area contributed by atoms with Crippen molar-refractivity contribution < 1.29 is 75.8 Å². The summed E-state index contributed by atoms with van der Waals surface area (Å²) < 4.78 is 61.1. The van der Waals surface area contributed by atoms with Crippen LogP contribution in [-0.2, 0) is 55.8 Å². The summed E-state index contributed by atoms with van der Waals surface area (Å²) in [5, 5.41) is 20.7. The summed E-state index contributed by atoms with van der Waals surface area (Å²) in [5.74, 6) is -1.69. The number of carbonyl (C=O) groups is 3. The van der Waals surface area contributed by atoms with Crippen LogP contribution >= 0.6 is 15.6 Å². The summed E-state index contributed by atoms with van der Waals surface area (Å²) in [7, 11) is -9.82. The van der Waals surface area contributed by atoms with E-state index in [4.69, 9.17) is 32.3 Å². The van der Waals surface area contributed by atoms with E-state index < -0.39 is 91.5 Å². The lowest BCUT2D eigenvalue weighted by Crippen LogP contribution is -2.30. The van der Waals surface area contributed by atoms with E-state index in [-0.39, 0.29) is 19.3 Å². The minimum absolute atomic E-state index is 0.0381. The van der Waals surface area contributed by atoms with E-state index in [9.17, 15) is 43.5 Å². The van der Waals surface area contributed by atoms with Crippen molar-refractivity contribution >= 4 is 33.6 Å². The fourth-order valence-electron chi connectivity index (χ4n) is 10.8. The number of carbonyl (C=O) groups excluding carboxylic acids is 3. The monoisotopic (exact) mass is 1540 g/mol. The number of aliphatic hydroxyl groups excluding tert-OH is 2. The molecule has 4 N–H and O–H groups in total. The number of rotatable bonds is 77. The molecule has 0 rings (SSSR count). The maximum atomic E-state index is 13.0. The van der Waals surface area contributed by atoms with Crippen molar-refractivity contribution in [3.05, 3.63) is 170 Å². The SMILES string of the molecule is CC/C=C\C/C=C\C/C=C\C/C=C\C/C=C\C/C=C\CCC(=O)OCC(COP(=O)(O)OCC(O)COP(=O)(O)OCC(O)COC(=O)CCCCCCCCCCCCCCCCCCCCC/C=C\C/C=C\C/C=C\C/C=C\C/C=C\CC)OC(=O)CCCCCCCCC/C=C\C/C=C\C/C=C\CC. The number of hydrogen-bond acceptors (Lipinski definition) is 14. The molecule has 0 fully saturated rings. The Morgan fingerprint density at radius 2 is 0.486 bits per heavy atom. The molecular weight excluding hydrogens is 1390 g/mol.